The molecule has 0 fully saturated rings. The molecule has 5 heteroatoms. The molecule has 0 aliphatic heterocycles. The van der Waals surface area contributed by atoms with Crippen molar-refractivity contribution < 1.29 is 18.6 Å². The summed E-state index contributed by atoms with van der Waals surface area (Å²) >= 11 is 0. The third-order valence-electron chi connectivity index (χ3n) is 0. The Bertz CT molecular complexity index is 37.5. The van der Waals surface area contributed by atoms with Crippen molar-refractivity contribution in [3.05, 3.63) is 0 Å². The molecule has 0 aromatic rings. The zero-order chi connectivity index (χ0) is 3.58. The molecule has 28 valence electrons. The normalized spacial score (nSPS) is 5.20. The Kier molecular flexibility index (Phi) is 10.9. The van der Waals surface area contributed by atoms with E-state index >= 15 is 0 Å². The van der Waals surface area contributed by atoms with Crippen LogP contribution in [0.3, 0.4) is 0 Å². The topological polar surface area (TPSA) is 57.5 Å². The quantitative estimate of drug-likeness (QED) is 0.432. The van der Waals surface area contributed by atoms with E-state index in [0.29, 0.717) is 0 Å². The summed E-state index contributed by atoms with van der Waals surface area (Å²) in [5, 5.41) is 0. The third kappa shape index (κ3) is 28.5. The minimum Gasteiger partial charge on any atom is -1.00 e. The van der Waals surface area contributed by atoms with E-state index in [1.165, 1.54) is 0 Å². The first-order valence-electron chi connectivity index (χ1n) is 0.583. The fourth-order valence-electron chi connectivity index (χ4n) is 0. The largest absolute Gasteiger partial charge is 2.00 e. The van der Waals surface area contributed by atoms with Gasteiger partial charge in [-0.2, -0.15) is 0 Å². The summed E-state index contributed by atoms with van der Waals surface area (Å²) in [6, 6.07) is 0. The van der Waals surface area contributed by atoms with Gasteiger partial charge in [0.25, 0.3) is 0 Å². The minimum absolute atomic E-state index is 0. The van der Waals surface area contributed by atoms with Crippen LogP contribution in [-0.4, -0.2) is 58.7 Å². The molecule has 0 aliphatic rings. The smallest absolute Gasteiger partial charge is 1.00 e. The first-order chi connectivity index (χ1) is 1.73. The minimum atomic E-state index is -2.87. The van der Waals surface area contributed by atoms with Crippen LogP contribution >= 0.6 is 8.25 Å². The number of hydrogen-bond acceptors (Lipinski definition) is 1. The van der Waals surface area contributed by atoms with Crippen LogP contribution in [0.1, 0.15) is 4.28 Å². The van der Waals surface area contributed by atoms with Gasteiger partial charge in [-0.3, -0.25) is 0 Å². The van der Waals surface area contributed by atoms with Gasteiger partial charge >= 0.3 is 58.6 Å². The van der Waals surface area contributed by atoms with Crippen LogP contribution in [0.15, 0.2) is 0 Å². The molecule has 0 saturated carbocycles. The molecule has 5 heavy (non-hydrogen) atoms. The molecular weight excluding hydrogens is 216 g/mol. The molecule has 0 unspecified atom stereocenters. The fourth-order valence-corrected chi connectivity index (χ4v) is 0. The molecule has 0 saturated heterocycles. The van der Waals surface area contributed by atoms with E-state index in [4.69, 9.17) is 14.4 Å². The average molecular weight is 221 g/mol. The van der Waals surface area contributed by atoms with Gasteiger partial charge in [-0.05, 0) is 0 Å². The maximum atomic E-state index is 8.70. The molecule has 0 spiro atoms. The van der Waals surface area contributed by atoms with E-state index in [1.54, 1.807) is 0 Å². The number of hydrogen-bond donors (Lipinski definition) is 2. The predicted molar refractivity (Wildman–Crippen MR) is 21.1 cm³/mol. The van der Waals surface area contributed by atoms with Gasteiger partial charge in [0.05, 0.1) is 0 Å². The molecule has 0 bridgehead atoms. The Labute approximate surface area is 74.9 Å². The second-order valence-corrected chi connectivity index (χ2v) is 0.758. The van der Waals surface area contributed by atoms with E-state index in [-0.39, 0.29) is 53.2 Å². The molecule has 0 aromatic heterocycles. The van der Waals surface area contributed by atoms with Gasteiger partial charge in [0.1, 0.15) is 0 Å². The maximum absolute atomic E-state index is 8.70. The van der Waals surface area contributed by atoms with Gasteiger partial charge in [-0.1, -0.05) is 0 Å². The molecule has 0 rings (SSSR count). The summed E-state index contributed by atoms with van der Waals surface area (Å²) in [6.45, 7) is 0. The predicted octanol–water partition coefficient (Wildman–Crippen LogP) is -0.415. The van der Waals surface area contributed by atoms with Gasteiger partial charge in [0.15, 0.2) is 0 Å². The van der Waals surface area contributed by atoms with E-state index in [9.17, 15) is 0 Å². The van der Waals surface area contributed by atoms with Crippen molar-refractivity contribution in [1.29, 1.82) is 0 Å². The van der Waals surface area contributed by atoms with Crippen molar-refractivity contribution in [2.45, 2.75) is 0 Å². The Morgan fingerprint density at radius 3 is 1.80 bits per heavy atom. The zero-order valence-electron chi connectivity index (χ0n) is 5.46. The van der Waals surface area contributed by atoms with Crippen LogP contribution in [0.2, 0.25) is 0 Å². The van der Waals surface area contributed by atoms with Crippen molar-refractivity contribution in [3.63, 3.8) is 0 Å². The molecule has 0 aliphatic carbocycles. The van der Waals surface area contributed by atoms with Crippen LogP contribution in [0, 0.1) is 0 Å². The summed E-state index contributed by atoms with van der Waals surface area (Å²) in [7, 11) is -2.87. The van der Waals surface area contributed by atoms with Crippen LogP contribution in [0.5, 0.6) is 0 Å². The molecule has 0 atom stereocenters. The molecule has 0 amide bonds. The van der Waals surface area contributed by atoms with Crippen molar-refractivity contribution in [2.75, 3.05) is 0 Å². The molecule has 0 aromatic carbocycles. The Hall–Kier alpha value is 1.59. The van der Waals surface area contributed by atoms with Crippen LogP contribution in [0.4, 0.5) is 0 Å². The second-order valence-electron chi connectivity index (χ2n) is 0.253. The third-order valence-corrected chi connectivity index (χ3v) is 0. The van der Waals surface area contributed by atoms with Crippen molar-refractivity contribution in [3.8, 4) is 0 Å². The Morgan fingerprint density at radius 2 is 1.80 bits per heavy atom. The SMILES string of the molecule is O=[P+](O)O.[Ba+2].[H+].[H-].[H-]. The monoisotopic (exact) mass is 222 g/mol. The summed E-state index contributed by atoms with van der Waals surface area (Å²) in [6.07, 6.45) is 0. The zero-order valence-corrected chi connectivity index (χ0v) is 7.79. The van der Waals surface area contributed by atoms with E-state index in [1.807, 2.05) is 0 Å². The van der Waals surface area contributed by atoms with Gasteiger partial charge < -0.3 is 2.85 Å². The summed E-state index contributed by atoms with van der Waals surface area (Å²) in [5.74, 6) is 0. The molecule has 0 radical (unpaired) electrons. The first-order valence-corrected chi connectivity index (χ1v) is 1.75. The molecule has 0 heterocycles. The van der Waals surface area contributed by atoms with Crippen LogP contribution in [0.25, 0.3) is 0 Å². The second kappa shape index (κ2) is 5.59. The standard InChI is InChI=1S/Ba.HO3P.2H/c;1-4(2)3;;/h;(H-,1,2,3);;/q+2;;2*-1/p+2. The summed E-state index contributed by atoms with van der Waals surface area (Å²) in [4.78, 5) is 14.2. The maximum Gasteiger partial charge on any atom is 2.00 e. The average Bonchev–Trinajstić information content (AvgIpc) is 0.811. The van der Waals surface area contributed by atoms with Gasteiger partial charge in [-0.15, -0.1) is 9.79 Å². The van der Waals surface area contributed by atoms with Crippen molar-refractivity contribution in [2.24, 2.45) is 0 Å². The molecule has 2 N–H and O–H groups in total. The molecule has 3 nitrogen and oxygen atoms in total. The van der Waals surface area contributed by atoms with E-state index in [0.717, 1.165) is 0 Å². The summed E-state index contributed by atoms with van der Waals surface area (Å²) < 4.78 is 8.70. The van der Waals surface area contributed by atoms with Gasteiger partial charge in [0.2, 0.25) is 0 Å². The van der Waals surface area contributed by atoms with Crippen molar-refractivity contribution >= 4 is 57.1 Å². The van der Waals surface area contributed by atoms with E-state index in [2.05, 4.69) is 0 Å². The summed E-state index contributed by atoms with van der Waals surface area (Å²) in [5.41, 5.74) is 0. The van der Waals surface area contributed by atoms with Gasteiger partial charge in [-0.25, -0.2) is 0 Å². The Morgan fingerprint density at radius 1 is 1.80 bits per heavy atom. The van der Waals surface area contributed by atoms with Gasteiger partial charge in [0, 0.05) is 4.57 Å². The first kappa shape index (κ1) is 9.78. The van der Waals surface area contributed by atoms with Crippen LogP contribution in [-0.2, 0) is 4.57 Å². The number of rotatable bonds is 0. The van der Waals surface area contributed by atoms with Crippen molar-refractivity contribution in [1.82, 2.24) is 0 Å². The van der Waals surface area contributed by atoms with E-state index < -0.39 is 8.25 Å². The van der Waals surface area contributed by atoms with Crippen LogP contribution < -0.4 is 0 Å². The fraction of sp³-hybridized carbons (Fsp3) is 0. The Balaban J connectivity index is -0.00000000750. The molecular formula is H5BaO3P+2.